The fourth-order valence-electron chi connectivity index (χ4n) is 6.25. The highest BCUT2D eigenvalue weighted by atomic mass is 32.1. The Morgan fingerprint density at radius 3 is 1.76 bits per heavy atom. The van der Waals surface area contributed by atoms with E-state index in [0.717, 1.165) is 36.4 Å². The smallest absolute Gasteiger partial charge is 0.192 e. The van der Waals surface area contributed by atoms with Crippen LogP contribution in [-0.2, 0) is 18.1 Å². The molecule has 55 heavy (non-hydrogen) atoms. The number of aryl methyl sites for hydroxylation is 1. The molecule has 6 nitrogen and oxygen atoms in total. The van der Waals surface area contributed by atoms with Crippen molar-refractivity contribution in [2.24, 2.45) is 17.3 Å². The molecule has 0 aliphatic carbocycles. The topological polar surface area (TPSA) is 77.9 Å². The van der Waals surface area contributed by atoms with Crippen LogP contribution in [0.25, 0.3) is 6.08 Å². The maximum absolute atomic E-state index is 14.7. The van der Waals surface area contributed by atoms with Crippen molar-refractivity contribution in [2.45, 2.75) is 216 Å². The molecule has 0 aromatic carbocycles. The van der Waals surface area contributed by atoms with Crippen LogP contribution in [-0.4, -0.2) is 65.7 Å². The predicted octanol–water partition coefficient (Wildman–Crippen LogP) is 13.8. The molecule has 1 N–H and O–H groups in total. The van der Waals surface area contributed by atoms with Crippen LogP contribution in [0.4, 0.5) is 0 Å². The minimum Gasteiger partial charge on any atom is -0.413 e. The van der Waals surface area contributed by atoms with Crippen LogP contribution in [0.15, 0.2) is 22.6 Å². The van der Waals surface area contributed by atoms with Gasteiger partial charge in [-0.25, -0.2) is 4.98 Å². The summed E-state index contributed by atoms with van der Waals surface area (Å²) in [4.78, 5) is 19.4. The number of hydrogen-bond acceptors (Lipinski definition) is 7. The molecule has 5 unspecified atom stereocenters. The van der Waals surface area contributed by atoms with Crippen molar-refractivity contribution in [2.75, 3.05) is 6.61 Å². The number of aromatic nitrogens is 1. The fraction of sp³-hybridized carbons (Fsp3) is 0.822. The van der Waals surface area contributed by atoms with Crippen molar-refractivity contribution in [1.29, 1.82) is 0 Å². The Morgan fingerprint density at radius 1 is 0.818 bits per heavy atom. The van der Waals surface area contributed by atoms with E-state index in [-0.39, 0.29) is 57.7 Å². The van der Waals surface area contributed by atoms with Crippen molar-refractivity contribution in [1.82, 2.24) is 4.98 Å². The van der Waals surface area contributed by atoms with Gasteiger partial charge in [0.15, 0.2) is 25.0 Å². The number of carbonyl (C=O) groups is 1. The van der Waals surface area contributed by atoms with E-state index in [1.807, 2.05) is 13.8 Å². The van der Waals surface area contributed by atoms with E-state index in [1.54, 1.807) is 11.3 Å². The quantitative estimate of drug-likeness (QED) is 0.0981. The number of thiazole rings is 1. The van der Waals surface area contributed by atoms with E-state index in [0.29, 0.717) is 6.42 Å². The number of ketones is 1. The first kappa shape index (κ1) is 52.3. The lowest BCUT2D eigenvalue weighted by Gasteiger charge is -2.46. The van der Waals surface area contributed by atoms with Gasteiger partial charge in [0, 0.05) is 23.3 Å². The van der Waals surface area contributed by atoms with Gasteiger partial charge in [-0.3, -0.25) is 4.79 Å². The first-order valence-corrected chi connectivity index (χ1v) is 30.7. The highest BCUT2D eigenvalue weighted by molar-refractivity contribution is 7.09. The van der Waals surface area contributed by atoms with Crippen molar-refractivity contribution in [3.63, 3.8) is 0 Å². The molecule has 10 heteroatoms. The number of carbonyl (C=O) groups excluding carboxylic acids is 1. The summed E-state index contributed by atoms with van der Waals surface area (Å²) in [6.07, 6.45) is 8.27. The van der Waals surface area contributed by atoms with Crippen LogP contribution in [0, 0.1) is 24.2 Å². The zero-order chi connectivity index (χ0) is 43.2. The predicted molar refractivity (Wildman–Crippen MR) is 248 cm³/mol. The molecule has 0 saturated carbocycles. The standard InChI is InChI=1S/C45H87NO5SSi3/c1-32(26-27-38(49-53(17,18)42(6,7)8)34(3)30-37-31-52-36(5)46-37)24-23-25-33(2)40(51-55(21,22)44(12,13)14)35(4)41(48)45(15,16)39(28-29-47)50-54(19,20)43(9,10)11/h26,30-31,33,35,38-40,47H,23-25,27-29H2,1-22H3. The number of hydrogen-bond donors (Lipinski definition) is 1. The molecule has 1 aromatic rings. The molecular formula is C45H87NO5SSi3. The molecule has 0 aliphatic rings. The molecule has 1 rings (SSSR count). The number of aliphatic hydroxyl groups is 1. The van der Waals surface area contributed by atoms with Gasteiger partial charge in [-0.05, 0) is 125 Å². The minimum atomic E-state index is -2.21. The van der Waals surface area contributed by atoms with Crippen LogP contribution in [0.5, 0.6) is 0 Å². The maximum Gasteiger partial charge on any atom is 0.192 e. The Morgan fingerprint density at radius 2 is 1.31 bits per heavy atom. The lowest BCUT2D eigenvalue weighted by Crippen LogP contribution is -2.54. The number of Topliss-reactive ketones (excluding diaryl/α,β-unsaturated/α-hetero) is 1. The number of allylic oxidation sites excluding steroid dienone is 1. The zero-order valence-corrected chi connectivity index (χ0v) is 43.6. The van der Waals surface area contributed by atoms with Crippen LogP contribution in [0.1, 0.15) is 147 Å². The summed E-state index contributed by atoms with van der Waals surface area (Å²) in [5.41, 5.74) is 2.82. The molecular weight excluding hydrogens is 751 g/mol. The molecule has 0 amide bonds. The summed E-state index contributed by atoms with van der Waals surface area (Å²) in [6, 6.07) is 0. The van der Waals surface area contributed by atoms with E-state index < -0.39 is 30.4 Å². The average molecular weight is 839 g/mol. The molecule has 0 aliphatic heterocycles. The molecule has 1 aromatic heterocycles. The first-order chi connectivity index (χ1) is 24.6. The number of rotatable bonds is 21. The summed E-state index contributed by atoms with van der Waals surface area (Å²) in [5, 5.41) is 13.5. The third-order valence-corrected chi connectivity index (χ3v) is 27.7. The summed E-state index contributed by atoms with van der Waals surface area (Å²) < 4.78 is 21.2. The van der Waals surface area contributed by atoms with Crippen molar-refractivity contribution >= 4 is 48.1 Å². The van der Waals surface area contributed by atoms with Gasteiger partial charge in [0.25, 0.3) is 0 Å². The Kier molecular flexibility index (Phi) is 19.0. The normalized spacial score (nSPS) is 17.6. The zero-order valence-electron chi connectivity index (χ0n) is 39.8. The molecule has 0 bridgehead atoms. The van der Waals surface area contributed by atoms with Gasteiger partial charge in [0.05, 0.1) is 29.0 Å². The summed E-state index contributed by atoms with van der Waals surface area (Å²) in [7, 11) is -6.42. The van der Waals surface area contributed by atoms with Gasteiger partial charge < -0.3 is 18.4 Å². The van der Waals surface area contributed by atoms with Gasteiger partial charge in [-0.2, -0.15) is 0 Å². The largest absolute Gasteiger partial charge is 0.413 e. The maximum atomic E-state index is 14.7. The Labute approximate surface area is 347 Å². The highest BCUT2D eigenvalue weighted by Crippen LogP contribution is 2.44. The van der Waals surface area contributed by atoms with Crippen molar-refractivity contribution in [3.8, 4) is 0 Å². The molecule has 0 radical (unpaired) electrons. The summed E-state index contributed by atoms with van der Waals surface area (Å²) >= 11 is 1.68. The highest BCUT2D eigenvalue weighted by Gasteiger charge is 2.49. The van der Waals surface area contributed by atoms with Gasteiger partial charge in [0.2, 0.25) is 0 Å². The Bertz CT molecular complexity index is 1420. The van der Waals surface area contributed by atoms with Gasteiger partial charge in [-0.15, -0.1) is 11.3 Å². The van der Waals surface area contributed by atoms with Crippen LogP contribution < -0.4 is 0 Å². The number of aliphatic hydroxyl groups excluding tert-OH is 1. The summed E-state index contributed by atoms with van der Waals surface area (Å²) in [6.45, 7) is 49.0. The van der Waals surface area contributed by atoms with Crippen molar-refractivity contribution in [3.05, 3.63) is 33.3 Å². The Hall–Kier alpha value is -0.729. The lowest BCUT2D eigenvalue weighted by atomic mass is 9.73. The monoisotopic (exact) mass is 838 g/mol. The third-order valence-electron chi connectivity index (χ3n) is 13.5. The molecule has 1 heterocycles. The van der Waals surface area contributed by atoms with E-state index in [2.05, 4.69) is 154 Å². The van der Waals surface area contributed by atoms with E-state index in [9.17, 15) is 9.90 Å². The van der Waals surface area contributed by atoms with E-state index >= 15 is 0 Å². The second-order valence-corrected chi connectivity index (χ2v) is 37.1. The molecule has 0 spiro atoms. The number of nitrogens with zero attached hydrogens (tertiary/aromatic N) is 1. The van der Waals surface area contributed by atoms with E-state index in [4.69, 9.17) is 18.3 Å². The second kappa shape index (κ2) is 20.0. The van der Waals surface area contributed by atoms with Gasteiger partial charge in [-0.1, -0.05) is 102 Å². The van der Waals surface area contributed by atoms with E-state index in [1.165, 1.54) is 11.1 Å². The summed E-state index contributed by atoms with van der Waals surface area (Å²) in [5.74, 6) is 0.0421. The fourth-order valence-corrected chi connectivity index (χ4v) is 11.1. The first-order valence-electron chi connectivity index (χ1n) is 21.1. The minimum absolute atomic E-state index is 0.00429. The molecule has 0 saturated heterocycles. The average Bonchev–Trinajstić information content (AvgIpc) is 3.42. The third kappa shape index (κ3) is 15.1. The van der Waals surface area contributed by atoms with Crippen LogP contribution >= 0.6 is 11.3 Å². The van der Waals surface area contributed by atoms with Gasteiger partial charge in [0.1, 0.15) is 5.78 Å². The van der Waals surface area contributed by atoms with Crippen LogP contribution in [0.3, 0.4) is 0 Å². The molecule has 5 atom stereocenters. The lowest BCUT2D eigenvalue weighted by molar-refractivity contribution is -0.141. The van der Waals surface area contributed by atoms with Crippen molar-refractivity contribution < 1.29 is 23.2 Å². The molecule has 0 fully saturated rings. The van der Waals surface area contributed by atoms with Gasteiger partial charge >= 0.3 is 0 Å². The molecule has 320 valence electrons. The second-order valence-electron chi connectivity index (χ2n) is 21.8. The van der Waals surface area contributed by atoms with Crippen LogP contribution in [0.2, 0.25) is 54.4 Å². The Balaban J connectivity index is 3.33. The SMILES string of the molecule is CC(=CCC(O[Si](C)(C)C(C)(C)C)C(C)=Cc1csc(C)n1)CCCC(C)C(O[Si](C)(C)C(C)(C)C)C(C)C(=O)C(C)(C)C(CCO)O[Si](C)(C)C(C)(C)C.